The van der Waals surface area contributed by atoms with Crippen LogP contribution in [0.2, 0.25) is 0 Å². The van der Waals surface area contributed by atoms with Crippen LogP contribution >= 0.6 is 11.3 Å². The lowest BCUT2D eigenvalue weighted by molar-refractivity contribution is 0.0566. The Morgan fingerprint density at radius 3 is 2.71 bits per heavy atom. The van der Waals surface area contributed by atoms with E-state index in [1.165, 1.54) is 11.3 Å². The van der Waals surface area contributed by atoms with E-state index in [0.29, 0.717) is 55.1 Å². The van der Waals surface area contributed by atoms with Crippen molar-refractivity contribution in [3.8, 4) is 11.5 Å². The molecule has 0 spiro atoms. The number of thiazole rings is 1. The largest absolute Gasteiger partial charge is 0.454 e. The zero-order valence-electron chi connectivity index (χ0n) is 15.3. The van der Waals surface area contributed by atoms with Crippen LogP contribution in [0.25, 0.3) is 0 Å². The second kappa shape index (κ2) is 7.93. The number of hydrogen-bond donors (Lipinski definition) is 1. The Morgan fingerprint density at radius 1 is 1.18 bits per heavy atom. The summed E-state index contributed by atoms with van der Waals surface area (Å²) in [6, 6.07) is 5.53. The number of carbonyl (C=O) groups is 2. The number of benzene rings is 1. The molecule has 3 heterocycles. The maximum absolute atomic E-state index is 12.7. The Bertz CT molecular complexity index is 879. The number of amides is 2. The number of carbonyl (C=O) groups excluding carboxylic acids is 2. The number of fused-ring (bicyclic) bond motifs is 1. The summed E-state index contributed by atoms with van der Waals surface area (Å²) in [4.78, 5) is 32.2. The van der Waals surface area contributed by atoms with E-state index in [1.807, 2.05) is 18.2 Å². The van der Waals surface area contributed by atoms with Crippen molar-refractivity contribution >= 4 is 34.2 Å². The van der Waals surface area contributed by atoms with Crippen LogP contribution in [0.15, 0.2) is 23.6 Å². The first-order chi connectivity index (χ1) is 13.6. The number of piperazine rings is 1. The molecule has 0 bridgehead atoms. The molecule has 9 nitrogen and oxygen atoms in total. The zero-order chi connectivity index (χ0) is 19.5. The topological polar surface area (TPSA) is 93.2 Å². The van der Waals surface area contributed by atoms with Gasteiger partial charge in [-0.25, -0.2) is 9.78 Å². The van der Waals surface area contributed by atoms with E-state index in [0.717, 1.165) is 5.69 Å². The molecule has 148 valence electrons. The Balaban J connectivity index is 1.35. The third-order valence-electron chi connectivity index (χ3n) is 4.44. The average Bonchev–Trinajstić information content (AvgIpc) is 3.37. The summed E-state index contributed by atoms with van der Waals surface area (Å²) >= 11 is 1.36. The van der Waals surface area contributed by atoms with Gasteiger partial charge in [-0.05, 0) is 19.1 Å². The molecule has 4 rings (SSSR count). The van der Waals surface area contributed by atoms with Crippen molar-refractivity contribution in [3.05, 3.63) is 29.3 Å². The van der Waals surface area contributed by atoms with Gasteiger partial charge in [0.1, 0.15) is 5.69 Å². The van der Waals surface area contributed by atoms with E-state index < -0.39 is 0 Å². The normalized spacial score (nSPS) is 15.5. The van der Waals surface area contributed by atoms with Crippen LogP contribution in [0.4, 0.5) is 15.6 Å². The summed E-state index contributed by atoms with van der Waals surface area (Å²) in [5, 5.41) is 5.53. The Morgan fingerprint density at radius 2 is 1.93 bits per heavy atom. The predicted octanol–water partition coefficient (Wildman–Crippen LogP) is 2.53. The van der Waals surface area contributed by atoms with Gasteiger partial charge in [-0.15, -0.1) is 11.3 Å². The van der Waals surface area contributed by atoms with Crippen molar-refractivity contribution < 1.29 is 23.8 Å². The minimum Gasteiger partial charge on any atom is -0.454 e. The average molecular weight is 404 g/mol. The Labute approximate surface area is 165 Å². The molecular formula is C18H20N4O5S. The fourth-order valence-electron chi connectivity index (χ4n) is 3.00. The number of anilines is 2. The van der Waals surface area contributed by atoms with Gasteiger partial charge in [0.2, 0.25) is 6.79 Å². The fraction of sp³-hybridized carbons (Fsp3) is 0.389. The van der Waals surface area contributed by atoms with Gasteiger partial charge in [0.15, 0.2) is 16.6 Å². The lowest BCUT2D eigenvalue weighted by atomic mass is 10.3. The molecule has 1 saturated heterocycles. The highest BCUT2D eigenvalue weighted by Crippen LogP contribution is 2.35. The maximum atomic E-state index is 12.7. The van der Waals surface area contributed by atoms with Crippen LogP contribution < -0.4 is 14.8 Å². The van der Waals surface area contributed by atoms with Crippen LogP contribution in [-0.4, -0.2) is 66.4 Å². The quantitative estimate of drug-likeness (QED) is 0.837. The van der Waals surface area contributed by atoms with Crippen LogP contribution in [0, 0.1) is 0 Å². The van der Waals surface area contributed by atoms with Gasteiger partial charge in [0.05, 0.1) is 6.61 Å². The molecule has 0 atom stereocenters. The molecule has 0 unspecified atom stereocenters. The molecule has 0 aliphatic carbocycles. The smallest absolute Gasteiger partial charge is 0.409 e. The minimum absolute atomic E-state index is 0.140. The Kier molecular flexibility index (Phi) is 5.20. The second-order valence-corrected chi connectivity index (χ2v) is 7.07. The van der Waals surface area contributed by atoms with Crippen molar-refractivity contribution in [2.75, 3.05) is 44.9 Å². The molecule has 1 aromatic carbocycles. The van der Waals surface area contributed by atoms with Crippen molar-refractivity contribution in [2.45, 2.75) is 6.92 Å². The molecule has 1 N–H and O–H groups in total. The third kappa shape index (κ3) is 3.81. The van der Waals surface area contributed by atoms with Gasteiger partial charge in [-0.2, -0.15) is 0 Å². The van der Waals surface area contributed by atoms with Crippen LogP contribution in [0.3, 0.4) is 0 Å². The molecule has 2 aromatic rings. The minimum atomic E-state index is -0.335. The molecule has 0 radical (unpaired) electrons. The van der Waals surface area contributed by atoms with Gasteiger partial charge in [0, 0.05) is 43.3 Å². The van der Waals surface area contributed by atoms with Gasteiger partial charge < -0.3 is 29.3 Å². The lowest BCUT2D eigenvalue weighted by Gasteiger charge is -2.33. The van der Waals surface area contributed by atoms with Crippen molar-refractivity contribution in [2.24, 2.45) is 0 Å². The van der Waals surface area contributed by atoms with Crippen molar-refractivity contribution in [1.29, 1.82) is 0 Å². The lowest BCUT2D eigenvalue weighted by Crippen LogP contribution is -2.50. The molecule has 1 aromatic heterocycles. The summed E-state index contributed by atoms with van der Waals surface area (Å²) in [5.74, 6) is 1.25. The van der Waals surface area contributed by atoms with Gasteiger partial charge >= 0.3 is 6.09 Å². The summed E-state index contributed by atoms with van der Waals surface area (Å²) in [6.07, 6.45) is -0.335. The maximum Gasteiger partial charge on any atom is 0.409 e. The number of ether oxygens (including phenoxy) is 3. The van der Waals surface area contributed by atoms with E-state index in [4.69, 9.17) is 14.2 Å². The van der Waals surface area contributed by atoms with E-state index in [-0.39, 0.29) is 18.8 Å². The summed E-state index contributed by atoms with van der Waals surface area (Å²) in [5.41, 5.74) is 1.19. The van der Waals surface area contributed by atoms with E-state index >= 15 is 0 Å². The third-order valence-corrected chi connectivity index (χ3v) is 5.20. The summed E-state index contributed by atoms with van der Waals surface area (Å²) in [7, 11) is 0. The van der Waals surface area contributed by atoms with Crippen LogP contribution in [0.5, 0.6) is 11.5 Å². The van der Waals surface area contributed by atoms with E-state index in [1.54, 1.807) is 22.1 Å². The summed E-state index contributed by atoms with van der Waals surface area (Å²) < 4.78 is 15.7. The summed E-state index contributed by atoms with van der Waals surface area (Å²) in [6.45, 7) is 4.16. The SMILES string of the molecule is CCOC(=O)N1CCN(C(=O)c2csc(Nc3ccc4c(c3)OCO4)n2)CC1. The highest BCUT2D eigenvalue weighted by Gasteiger charge is 2.26. The number of nitrogens with zero attached hydrogens (tertiary/aromatic N) is 3. The predicted molar refractivity (Wildman–Crippen MR) is 102 cm³/mol. The molecule has 0 saturated carbocycles. The van der Waals surface area contributed by atoms with Crippen LogP contribution in [-0.2, 0) is 4.74 Å². The number of hydrogen-bond acceptors (Lipinski definition) is 8. The van der Waals surface area contributed by atoms with Crippen molar-refractivity contribution in [1.82, 2.24) is 14.8 Å². The first-order valence-corrected chi connectivity index (χ1v) is 9.85. The standard InChI is InChI=1S/C18H20N4O5S/c1-2-25-18(24)22-7-5-21(6-8-22)16(23)13-10-28-17(20-13)19-12-3-4-14-15(9-12)27-11-26-14/h3-4,9-10H,2,5-8,11H2,1H3,(H,19,20). The fourth-order valence-corrected chi connectivity index (χ4v) is 3.70. The van der Waals surface area contributed by atoms with Crippen LogP contribution in [0.1, 0.15) is 17.4 Å². The molecule has 2 amide bonds. The van der Waals surface area contributed by atoms with Gasteiger partial charge in [0.25, 0.3) is 5.91 Å². The first kappa shape index (κ1) is 18.4. The number of aromatic nitrogens is 1. The van der Waals surface area contributed by atoms with Gasteiger partial charge in [-0.3, -0.25) is 4.79 Å². The molecule has 2 aliphatic heterocycles. The first-order valence-electron chi connectivity index (χ1n) is 8.97. The molecule has 28 heavy (non-hydrogen) atoms. The molecule has 2 aliphatic rings. The molecular weight excluding hydrogens is 384 g/mol. The monoisotopic (exact) mass is 404 g/mol. The highest BCUT2D eigenvalue weighted by atomic mass is 32.1. The number of nitrogens with one attached hydrogen (secondary N) is 1. The van der Waals surface area contributed by atoms with E-state index in [9.17, 15) is 9.59 Å². The second-order valence-electron chi connectivity index (χ2n) is 6.21. The highest BCUT2D eigenvalue weighted by molar-refractivity contribution is 7.14. The van der Waals surface area contributed by atoms with Gasteiger partial charge in [-0.1, -0.05) is 0 Å². The molecule has 10 heteroatoms. The number of rotatable bonds is 4. The Hall–Kier alpha value is -3.01. The van der Waals surface area contributed by atoms with Crippen molar-refractivity contribution in [3.63, 3.8) is 0 Å². The molecule has 1 fully saturated rings. The zero-order valence-corrected chi connectivity index (χ0v) is 16.2. The van der Waals surface area contributed by atoms with E-state index in [2.05, 4.69) is 10.3 Å².